The summed E-state index contributed by atoms with van der Waals surface area (Å²) in [5.41, 5.74) is 3.63. The number of halogens is 1. The van der Waals surface area contributed by atoms with Crippen LogP contribution in [0.15, 0.2) is 84.6 Å². The molecule has 1 aliphatic heterocycles. The van der Waals surface area contributed by atoms with Gasteiger partial charge >= 0.3 is 0 Å². The van der Waals surface area contributed by atoms with Crippen LogP contribution in [0.2, 0.25) is 0 Å². The Bertz CT molecular complexity index is 1200. The molecule has 0 spiro atoms. The summed E-state index contributed by atoms with van der Waals surface area (Å²) in [6, 6.07) is 22.9. The first-order valence-electron chi connectivity index (χ1n) is 11.4. The number of carbonyl (C=O) groups is 2. The van der Waals surface area contributed by atoms with Gasteiger partial charge in [0.2, 0.25) is 0 Å². The summed E-state index contributed by atoms with van der Waals surface area (Å²) in [7, 11) is 1.80. The minimum absolute atomic E-state index is 0.274. The Balaban J connectivity index is 1.73. The molecule has 0 aromatic heterocycles. The van der Waals surface area contributed by atoms with Gasteiger partial charge in [0.15, 0.2) is 0 Å². The lowest BCUT2D eigenvalue weighted by molar-refractivity contribution is -0.120. The summed E-state index contributed by atoms with van der Waals surface area (Å²) in [6.07, 6.45) is 0. The van der Waals surface area contributed by atoms with Gasteiger partial charge in [-0.15, -0.1) is 0 Å². The summed E-state index contributed by atoms with van der Waals surface area (Å²) in [6.45, 7) is 6.34. The largest absolute Gasteiger partial charge is 0.372 e. The molecule has 34 heavy (non-hydrogen) atoms. The van der Waals surface area contributed by atoms with Crippen molar-refractivity contribution in [3.8, 4) is 0 Å². The van der Waals surface area contributed by atoms with Gasteiger partial charge in [0.25, 0.3) is 11.8 Å². The highest BCUT2D eigenvalue weighted by atomic mass is 19.1. The molecule has 0 saturated carbocycles. The van der Waals surface area contributed by atoms with Crippen LogP contribution in [0, 0.1) is 5.82 Å². The van der Waals surface area contributed by atoms with Crippen LogP contribution in [0.4, 0.5) is 15.8 Å². The zero-order chi connectivity index (χ0) is 24.2. The lowest BCUT2D eigenvalue weighted by atomic mass is 10.0. The maximum atomic E-state index is 13.7. The molecule has 0 atom stereocenters. The second-order valence-corrected chi connectivity index (χ2v) is 8.21. The average molecular weight is 458 g/mol. The fraction of sp³-hybridized carbons (Fsp3) is 0.214. The number of carbonyl (C=O) groups excluding carboxylic acids is 2. The van der Waals surface area contributed by atoms with E-state index in [-0.39, 0.29) is 5.57 Å². The van der Waals surface area contributed by atoms with Gasteiger partial charge in [0.1, 0.15) is 11.5 Å². The van der Waals surface area contributed by atoms with Gasteiger partial charge in [-0.3, -0.25) is 9.59 Å². The topological polar surface area (TPSA) is 43.9 Å². The second kappa shape index (κ2) is 9.91. The van der Waals surface area contributed by atoms with Gasteiger partial charge in [0, 0.05) is 32.4 Å². The van der Waals surface area contributed by atoms with E-state index in [4.69, 9.17) is 0 Å². The molecule has 6 heteroatoms. The van der Waals surface area contributed by atoms with E-state index in [0.717, 1.165) is 24.3 Å². The molecule has 1 heterocycles. The van der Waals surface area contributed by atoms with Crippen molar-refractivity contribution in [3.63, 3.8) is 0 Å². The van der Waals surface area contributed by atoms with E-state index < -0.39 is 17.6 Å². The lowest BCUT2D eigenvalue weighted by Gasteiger charge is -2.23. The van der Waals surface area contributed by atoms with Gasteiger partial charge in [-0.2, -0.15) is 0 Å². The van der Waals surface area contributed by atoms with Crippen molar-refractivity contribution < 1.29 is 14.0 Å². The monoisotopic (exact) mass is 457 g/mol. The number of benzene rings is 3. The van der Waals surface area contributed by atoms with E-state index in [9.17, 15) is 14.0 Å². The van der Waals surface area contributed by atoms with Gasteiger partial charge in [0.05, 0.1) is 11.3 Å². The molecular formula is C28H28FN3O2. The van der Waals surface area contributed by atoms with Gasteiger partial charge < -0.3 is 9.80 Å². The molecular weight excluding hydrogens is 429 g/mol. The van der Waals surface area contributed by atoms with Gasteiger partial charge in [-0.25, -0.2) is 9.29 Å². The first kappa shape index (κ1) is 23.2. The number of amides is 2. The standard InChI is InChI=1S/C28H28FN3O2/c1-4-31(5-2)23-15-17-24(18-16-23)32-27(33)25(21-11-13-22(29)14-12-21)26(28(32)34)30(3)19-20-9-7-6-8-10-20/h6-18H,4-5,19H2,1-3H3. The molecule has 0 unspecified atom stereocenters. The van der Waals surface area contributed by atoms with Gasteiger partial charge in [-0.05, 0) is 61.4 Å². The van der Waals surface area contributed by atoms with E-state index >= 15 is 0 Å². The normalized spacial score (nSPS) is 13.6. The Morgan fingerprint density at radius 2 is 1.41 bits per heavy atom. The third kappa shape index (κ3) is 4.44. The number of likely N-dealkylation sites (N-methyl/N-ethyl adjacent to an activating group) is 1. The highest BCUT2D eigenvalue weighted by molar-refractivity contribution is 6.45. The van der Waals surface area contributed by atoms with E-state index in [1.165, 1.54) is 17.0 Å². The minimum Gasteiger partial charge on any atom is -0.372 e. The Labute approximate surface area is 199 Å². The molecule has 3 aromatic rings. The smallest absolute Gasteiger partial charge is 0.282 e. The number of hydrogen-bond acceptors (Lipinski definition) is 4. The summed E-state index contributed by atoms with van der Waals surface area (Å²) in [5, 5.41) is 0. The lowest BCUT2D eigenvalue weighted by Crippen LogP contribution is -2.34. The first-order chi connectivity index (χ1) is 16.4. The Kier molecular flexibility index (Phi) is 6.77. The Morgan fingerprint density at radius 1 is 0.794 bits per heavy atom. The molecule has 3 aromatic carbocycles. The van der Waals surface area contributed by atoms with Crippen LogP contribution >= 0.6 is 0 Å². The summed E-state index contributed by atoms with van der Waals surface area (Å²) >= 11 is 0. The molecule has 1 aliphatic rings. The summed E-state index contributed by atoms with van der Waals surface area (Å²) in [5.74, 6) is -1.20. The molecule has 2 amide bonds. The van der Waals surface area contributed by atoms with Crippen molar-refractivity contribution >= 4 is 28.8 Å². The van der Waals surface area contributed by atoms with Crippen molar-refractivity contribution in [2.45, 2.75) is 20.4 Å². The quantitative estimate of drug-likeness (QED) is 0.442. The number of nitrogens with zero attached hydrogens (tertiary/aromatic N) is 3. The maximum Gasteiger partial charge on any atom is 0.282 e. The van der Waals surface area contributed by atoms with Crippen molar-refractivity contribution in [3.05, 3.63) is 102 Å². The maximum absolute atomic E-state index is 13.7. The molecule has 0 N–H and O–H groups in total. The second-order valence-electron chi connectivity index (χ2n) is 8.21. The van der Waals surface area contributed by atoms with Crippen molar-refractivity contribution in [2.24, 2.45) is 0 Å². The Morgan fingerprint density at radius 3 is 2.00 bits per heavy atom. The molecule has 0 aliphatic carbocycles. The fourth-order valence-electron chi connectivity index (χ4n) is 4.32. The van der Waals surface area contributed by atoms with Crippen molar-refractivity contribution in [1.29, 1.82) is 0 Å². The van der Waals surface area contributed by atoms with E-state index in [2.05, 4.69) is 18.7 Å². The number of anilines is 2. The van der Waals surface area contributed by atoms with Crippen molar-refractivity contribution in [1.82, 2.24) is 4.90 Å². The zero-order valence-corrected chi connectivity index (χ0v) is 19.7. The summed E-state index contributed by atoms with van der Waals surface area (Å²) in [4.78, 5) is 32.5. The molecule has 5 nitrogen and oxygen atoms in total. The van der Waals surface area contributed by atoms with Crippen LogP contribution in [-0.4, -0.2) is 36.9 Å². The van der Waals surface area contributed by atoms with E-state index in [0.29, 0.717) is 23.5 Å². The van der Waals surface area contributed by atoms with Crippen LogP contribution in [0.25, 0.3) is 5.57 Å². The number of hydrogen-bond donors (Lipinski definition) is 0. The van der Waals surface area contributed by atoms with Crippen LogP contribution in [0.3, 0.4) is 0 Å². The molecule has 0 bridgehead atoms. The van der Waals surface area contributed by atoms with Crippen LogP contribution in [0.5, 0.6) is 0 Å². The molecule has 0 saturated heterocycles. The summed E-state index contributed by atoms with van der Waals surface area (Å²) < 4.78 is 13.6. The molecule has 174 valence electrons. The minimum atomic E-state index is -0.415. The number of imide groups is 1. The molecule has 4 rings (SSSR count). The highest BCUT2D eigenvalue weighted by Gasteiger charge is 2.41. The van der Waals surface area contributed by atoms with E-state index in [1.807, 2.05) is 42.5 Å². The van der Waals surface area contributed by atoms with Crippen LogP contribution in [0.1, 0.15) is 25.0 Å². The third-order valence-electron chi connectivity index (χ3n) is 6.07. The van der Waals surface area contributed by atoms with Crippen molar-refractivity contribution in [2.75, 3.05) is 29.9 Å². The predicted octanol–water partition coefficient (Wildman–Crippen LogP) is 5.09. The molecule has 0 fully saturated rings. The third-order valence-corrected chi connectivity index (χ3v) is 6.07. The van der Waals surface area contributed by atoms with Crippen LogP contribution in [-0.2, 0) is 16.1 Å². The zero-order valence-electron chi connectivity index (χ0n) is 19.7. The average Bonchev–Trinajstić information content (AvgIpc) is 3.11. The predicted molar refractivity (Wildman–Crippen MR) is 134 cm³/mol. The van der Waals surface area contributed by atoms with Gasteiger partial charge in [-0.1, -0.05) is 42.5 Å². The number of rotatable bonds is 8. The first-order valence-corrected chi connectivity index (χ1v) is 11.4. The SMILES string of the molecule is CCN(CC)c1ccc(N2C(=O)C(c3ccc(F)cc3)=C(N(C)Cc3ccccc3)C2=O)cc1. The van der Waals surface area contributed by atoms with E-state index in [1.54, 1.807) is 36.2 Å². The van der Waals surface area contributed by atoms with Crippen LogP contribution < -0.4 is 9.80 Å². The fourth-order valence-corrected chi connectivity index (χ4v) is 4.32. The molecule has 0 radical (unpaired) electrons. The highest BCUT2D eigenvalue weighted by Crippen LogP contribution is 2.35. The Hall–Kier alpha value is -3.93.